The lowest BCUT2D eigenvalue weighted by atomic mass is 10.1. The molecular formula is C11H20N2O5. The Bertz CT molecular complexity index is 293. The zero-order chi connectivity index (χ0) is 14.0. The van der Waals surface area contributed by atoms with Gasteiger partial charge in [0.15, 0.2) is 0 Å². The van der Waals surface area contributed by atoms with Crippen LogP contribution >= 0.6 is 0 Å². The number of carbonyl (C=O) groups is 3. The molecule has 0 saturated carbocycles. The predicted molar refractivity (Wildman–Crippen MR) is 63.9 cm³/mol. The highest BCUT2D eigenvalue weighted by molar-refractivity contribution is 5.87. The van der Waals surface area contributed by atoms with Gasteiger partial charge in [-0.2, -0.15) is 0 Å². The highest BCUT2D eigenvalue weighted by Crippen LogP contribution is 2.01. The minimum absolute atomic E-state index is 0.123. The SMILES string of the molecule is CCCC(=O)OC(=O)N[C@@H](CCCCN)C(=O)O. The van der Waals surface area contributed by atoms with Gasteiger partial charge in [-0.15, -0.1) is 0 Å². The fourth-order valence-electron chi connectivity index (χ4n) is 1.28. The molecule has 0 fully saturated rings. The van der Waals surface area contributed by atoms with Crippen molar-refractivity contribution < 1.29 is 24.2 Å². The lowest BCUT2D eigenvalue weighted by Crippen LogP contribution is -2.41. The monoisotopic (exact) mass is 260 g/mol. The summed E-state index contributed by atoms with van der Waals surface area (Å²) < 4.78 is 4.40. The zero-order valence-electron chi connectivity index (χ0n) is 10.5. The van der Waals surface area contributed by atoms with Crippen molar-refractivity contribution in [1.82, 2.24) is 5.32 Å². The van der Waals surface area contributed by atoms with Crippen LogP contribution in [-0.4, -0.2) is 35.7 Å². The van der Waals surface area contributed by atoms with Gasteiger partial charge in [-0.25, -0.2) is 9.59 Å². The van der Waals surface area contributed by atoms with Crippen LogP contribution in [0.25, 0.3) is 0 Å². The number of ether oxygens (including phenoxy) is 1. The number of carboxylic acid groups (broad SMARTS) is 1. The smallest absolute Gasteiger partial charge is 0.415 e. The lowest BCUT2D eigenvalue weighted by Gasteiger charge is -2.13. The number of carboxylic acids is 1. The molecule has 4 N–H and O–H groups in total. The third-order valence-electron chi connectivity index (χ3n) is 2.20. The quantitative estimate of drug-likeness (QED) is 0.334. The van der Waals surface area contributed by atoms with Crippen LogP contribution in [0.5, 0.6) is 0 Å². The van der Waals surface area contributed by atoms with E-state index in [2.05, 4.69) is 10.1 Å². The molecule has 0 aromatic heterocycles. The number of alkyl carbamates (subject to hydrolysis) is 1. The summed E-state index contributed by atoms with van der Waals surface area (Å²) in [6.45, 7) is 2.23. The highest BCUT2D eigenvalue weighted by Gasteiger charge is 2.21. The molecule has 7 nitrogen and oxygen atoms in total. The summed E-state index contributed by atoms with van der Waals surface area (Å²) in [6, 6.07) is -1.06. The first-order valence-corrected chi connectivity index (χ1v) is 5.95. The van der Waals surface area contributed by atoms with Gasteiger partial charge in [0.25, 0.3) is 0 Å². The number of esters is 1. The largest absolute Gasteiger partial charge is 0.480 e. The molecule has 104 valence electrons. The Morgan fingerprint density at radius 1 is 1.33 bits per heavy atom. The third kappa shape index (κ3) is 7.61. The summed E-state index contributed by atoms with van der Waals surface area (Å²) in [4.78, 5) is 33.1. The van der Waals surface area contributed by atoms with Gasteiger partial charge in [-0.3, -0.25) is 4.79 Å². The topological polar surface area (TPSA) is 119 Å². The van der Waals surface area contributed by atoms with Gasteiger partial charge in [-0.1, -0.05) is 6.92 Å². The molecule has 0 aliphatic heterocycles. The molecular weight excluding hydrogens is 240 g/mol. The number of amides is 1. The molecule has 1 amide bonds. The minimum atomic E-state index is -1.16. The molecule has 1 atom stereocenters. The summed E-state index contributed by atoms with van der Waals surface area (Å²) in [5, 5.41) is 11.0. The molecule has 0 heterocycles. The molecule has 18 heavy (non-hydrogen) atoms. The molecule has 0 aromatic carbocycles. The van der Waals surface area contributed by atoms with Crippen molar-refractivity contribution in [3.63, 3.8) is 0 Å². The van der Waals surface area contributed by atoms with E-state index >= 15 is 0 Å². The van der Waals surface area contributed by atoms with E-state index < -0.39 is 24.1 Å². The Labute approximate surface area is 106 Å². The van der Waals surface area contributed by atoms with Gasteiger partial charge in [0.1, 0.15) is 6.04 Å². The van der Waals surface area contributed by atoms with Crippen molar-refractivity contribution in [2.45, 2.75) is 45.1 Å². The van der Waals surface area contributed by atoms with Crippen molar-refractivity contribution in [2.75, 3.05) is 6.54 Å². The Morgan fingerprint density at radius 2 is 2.00 bits per heavy atom. The minimum Gasteiger partial charge on any atom is -0.480 e. The second-order valence-electron chi connectivity index (χ2n) is 3.83. The van der Waals surface area contributed by atoms with E-state index in [-0.39, 0.29) is 12.8 Å². The Morgan fingerprint density at radius 3 is 2.50 bits per heavy atom. The van der Waals surface area contributed by atoms with E-state index in [1.54, 1.807) is 6.92 Å². The van der Waals surface area contributed by atoms with Crippen LogP contribution in [-0.2, 0) is 14.3 Å². The van der Waals surface area contributed by atoms with Crippen LogP contribution < -0.4 is 11.1 Å². The normalized spacial score (nSPS) is 11.7. The van der Waals surface area contributed by atoms with E-state index in [9.17, 15) is 14.4 Å². The maximum Gasteiger partial charge on any atom is 0.415 e. The lowest BCUT2D eigenvalue weighted by molar-refractivity contribution is -0.141. The zero-order valence-corrected chi connectivity index (χ0v) is 10.5. The number of unbranched alkanes of at least 4 members (excludes halogenated alkanes) is 1. The molecule has 0 aliphatic rings. The third-order valence-corrected chi connectivity index (χ3v) is 2.20. The molecule has 7 heteroatoms. The number of aliphatic carboxylic acids is 1. The maximum absolute atomic E-state index is 11.2. The van der Waals surface area contributed by atoms with E-state index in [4.69, 9.17) is 10.8 Å². The second-order valence-corrected chi connectivity index (χ2v) is 3.83. The fraction of sp³-hybridized carbons (Fsp3) is 0.727. The number of nitrogens with two attached hydrogens (primary N) is 1. The molecule has 0 radical (unpaired) electrons. The Balaban J connectivity index is 4.11. The van der Waals surface area contributed by atoms with Gasteiger partial charge >= 0.3 is 18.0 Å². The van der Waals surface area contributed by atoms with Crippen LogP contribution in [0.1, 0.15) is 39.0 Å². The van der Waals surface area contributed by atoms with Gasteiger partial charge in [0, 0.05) is 6.42 Å². The van der Waals surface area contributed by atoms with Crippen LogP contribution in [0.2, 0.25) is 0 Å². The number of nitrogens with one attached hydrogen (secondary N) is 1. The summed E-state index contributed by atoms with van der Waals surface area (Å²) in [6.07, 6.45) is 1.17. The Hall–Kier alpha value is -1.63. The van der Waals surface area contributed by atoms with Crippen molar-refractivity contribution in [2.24, 2.45) is 5.73 Å². The molecule has 0 saturated heterocycles. The Kier molecular flexibility index (Phi) is 8.55. The summed E-state index contributed by atoms with van der Waals surface area (Å²) in [7, 11) is 0. The number of hydrogen-bond donors (Lipinski definition) is 3. The van der Waals surface area contributed by atoms with Crippen LogP contribution in [0.4, 0.5) is 4.79 Å². The van der Waals surface area contributed by atoms with Gasteiger partial charge < -0.3 is 20.9 Å². The molecule has 0 rings (SSSR count). The number of hydrogen-bond acceptors (Lipinski definition) is 5. The molecule has 0 bridgehead atoms. The highest BCUT2D eigenvalue weighted by atomic mass is 16.6. The van der Waals surface area contributed by atoms with Crippen molar-refractivity contribution in [3.05, 3.63) is 0 Å². The van der Waals surface area contributed by atoms with Crippen molar-refractivity contribution in [3.8, 4) is 0 Å². The van der Waals surface area contributed by atoms with Crippen molar-refractivity contribution in [1.29, 1.82) is 0 Å². The van der Waals surface area contributed by atoms with Crippen LogP contribution in [0, 0.1) is 0 Å². The van der Waals surface area contributed by atoms with E-state index in [1.807, 2.05) is 0 Å². The molecule has 0 spiro atoms. The molecule has 0 aliphatic carbocycles. The maximum atomic E-state index is 11.2. The van der Waals surface area contributed by atoms with Gasteiger partial charge in [-0.05, 0) is 32.2 Å². The summed E-state index contributed by atoms with van der Waals surface area (Å²) >= 11 is 0. The first-order valence-electron chi connectivity index (χ1n) is 5.95. The number of rotatable bonds is 8. The first kappa shape index (κ1) is 16.4. The standard InChI is InChI=1S/C11H20N2O5/c1-2-5-9(14)18-11(17)13-8(10(15)16)6-3-4-7-12/h8H,2-7,12H2,1H3,(H,13,17)(H,15,16)/t8-/m0/s1. The summed E-state index contributed by atoms with van der Waals surface area (Å²) in [5.74, 6) is -1.83. The molecule has 0 aromatic rings. The molecule has 0 unspecified atom stereocenters. The van der Waals surface area contributed by atoms with Gasteiger partial charge in [0.05, 0.1) is 0 Å². The number of carbonyl (C=O) groups excluding carboxylic acids is 2. The van der Waals surface area contributed by atoms with E-state index in [0.717, 1.165) is 0 Å². The van der Waals surface area contributed by atoms with Crippen LogP contribution in [0.15, 0.2) is 0 Å². The van der Waals surface area contributed by atoms with Crippen LogP contribution in [0.3, 0.4) is 0 Å². The average molecular weight is 260 g/mol. The average Bonchev–Trinajstić information content (AvgIpc) is 2.27. The summed E-state index contributed by atoms with van der Waals surface area (Å²) in [5.41, 5.74) is 5.29. The van der Waals surface area contributed by atoms with E-state index in [1.165, 1.54) is 0 Å². The van der Waals surface area contributed by atoms with Gasteiger partial charge in [0.2, 0.25) is 0 Å². The van der Waals surface area contributed by atoms with E-state index in [0.29, 0.717) is 25.8 Å². The van der Waals surface area contributed by atoms with Crippen molar-refractivity contribution >= 4 is 18.0 Å². The first-order chi connectivity index (χ1) is 8.51. The second kappa shape index (κ2) is 9.41. The predicted octanol–water partition coefficient (Wildman–Crippen LogP) is 0.621. The fourth-order valence-corrected chi connectivity index (χ4v) is 1.28.